The molecule has 2 fully saturated rings. The van der Waals surface area contributed by atoms with Gasteiger partial charge in [-0.15, -0.1) is 0 Å². The van der Waals surface area contributed by atoms with E-state index in [1.165, 1.54) is 62.2 Å². The molecular formula is C38H50N4O2. The van der Waals surface area contributed by atoms with Crippen LogP contribution in [0.2, 0.25) is 0 Å². The highest BCUT2D eigenvalue weighted by Gasteiger charge is 2.36. The first-order chi connectivity index (χ1) is 21.4. The summed E-state index contributed by atoms with van der Waals surface area (Å²) in [6.07, 6.45) is 10.5. The van der Waals surface area contributed by atoms with Gasteiger partial charge in [-0.05, 0) is 126 Å². The zero-order chi connectivity index (χ0) is 30.9. The Morgan fingerprint density at radius 3 is 2.41 bits per heavy atom. The van der Waals surface area contributed by atoms with Gasteiger partial charge in [0.05, 0.1) is 11.8 Å². The zero-order valence-electron chi connectivity index (χ0n) is 26.7. The Labute approximate surface area is 263 Å². The molecule has 6 heteroatoms. The van der Waals surface area contributed by atoms with Crippen molar-refractivity contribution >= 4 is 28.5 Å². The van der Waals surface area contributed by atoms with Crippen LogP contribution in [0.3, 0.4) is 0 Å². The van der Waals surface area contributed by atoms with Gasteiger partial charge in [0.1, 0.15) is 5.75 Å². The lowest BCUT2D eigenvalue weighted by Crippen LogP contribution is -2.47. The summed E-state index contributed by atoms with van der Waals surface area (Å²) in [5, 5.41) is 19.4. The number of likely N-dealkylation sites (tertiary alicyclic amines) is 2. The molecule has 0 spiro atoms. The summed E-state index contributed by atoms with van der Waals surface area (Å²) in [5.74, 6) is 0.401. The molecular weight excluding hydrogens is 544 g/mol. The lowest BCUT2D eigenvalue weighted by molar-refractivity contribution is 0.0883. The van der Waals surface area contributed by atoms with E-state index in [0.29, 0.717) is 30.2 Å². The molecule has 2 N–H and O–H groups in total. The van der Waals surface area contributed by atoms with Crippen LogP contribution in [0.15, 0.2) is 66.7 Å². The molecule has 2 aliphatic heterocycles. The molecule has 0 aromatic heterocycles. The maximum Gasteiger partial charge on any atom is 0.206 e. The summed E-state index contributed by atoms with van der Waals surface area (Å²) in [6.45, 7) is 9.56. The number of ketones is 1. The lowest BCUT2D eigenvalue weighted by atomic mass is 9.69. The Morgan fingerprint density at radius 2 is 1.68 bits per heavy atom. The third-order valence-corrected chi connectivity index (χ3v) is 9.76. The van der Waals surface area contributed by atoms with Crippen LogP contribution in [0.25, 0.3) is 10.8 Å². The number of carbonyl (C=O) groups excluding carboxylic acids is 1. The largest absolute Gasteiger partial charge is 0.491 e. The van der Waals surface area contributed by atoms with Crippen LogP contribution in [0.4, 0.5) is 0 Å². The Kier molecular flexibility index (Phi) is 11.0. The number of hydrogen-bond acceptors (Lipinski definition) is 6. The fraction of sp³-hybridized carbons (Fsp3) is 0.500. The van der Waals surface area contributed by atoms with E-state index in [1.807, 2.05) is 26.0 Å². The summed E-state index contributed by atoms with van der Waals surface area (Å²) < 4.78 is 5.84. The molecule has 2 aliphatic rings. The minimum atomic E-state index is -0.427. The molecule has 0 radical (unpaired) electrons. The van der Waals surface area contributed by atoms with Gasteiger partial charge in [-0.3, -0.25) is 4.79 Å². The molecule has 3 aromatic rings. The van der Waals surface area contributed by atoms with E-state index in [1.54, 1.807) is 12.1 Å². The Bertz CT molecular complexity index is 1420. The molecule has 44 heavy (non-hydrogen) atoms. The van der Waals surface area contributed by atoms with Crippen molar-refractivity contribution < 1.29 is 9.53 Å². The van der Waals surface area contributed by atoms with Gasteiger partial charge in [-0.25, -0.2) is 0 Å². The van der Waals surface area contributed by atoms with E-state index in [4.69, 9.17) is 15.6 Å². The maximum atomic E-state index is 13.7. The fourth-order valence-corrected chi connectivity index (χ4v) is 7.30. The second-order valence-corrected chi connectivity index (χ2v) is 13.2. The molecule has 3 aromatic carbocycles. The van der Waals surface area contributed by atoms with Crippen LogP contribution >= 0.6 is 0 Å². The summed E-state index contributed by atoms with van der Waals surface area (Å²) >= 11 is 0. The van der Waals surface area contributed by atoms with E-state index in [9.17, 15) is 4.79 Å². The van der Waals surface area contributed by atoms with Crippen molar-refractivity contribution in [3.8, 4) is 5.75 Å². The maximum absolute atomic E-state index is 13.7. The normalized spacial score (nSPS) is 18.2. The van der Waals surface area contributed by atoms with Gasteiger partial charge in [-0.1, -0.05) is 61.0 Å². The number of carbonyl (C=O) groups is 1. The molecule has 0 aliphatic carbocycles. The number of nitrogens with zero attached hydrogens (tertiary/aromatic N) is 2. The number of ether oxygens (including phenoxy) is 1. The van der Waals surface area contributed by atoms with Crippen LogP contribution in [-0.4, -0.2) is 72.4 Å². The molecule has 0 unspecified atom stereocenters. The SMILES string of the molecule is CC(C)Oc1cccc(C(=O)C(=N)C[C@](CCC=N)(CCN2CCC(N3CCCCC3)CC2)c2ccc3ccccc3c2)c1. The standard InChI is InChI=1S/C38H50N4O2/c1-29(2)44-35-13-8-12-32(27-35)37(43)36(40)28-38(18-9-20-39,33-15-14-30-10-4-5-11-31(30)26-33)19-25-41-23-16-34(17-24-41)42-21-6-3-7-22-42/h4-5,8,10-15,20,26-27,29,34,39-40H,3,6-7,9,16-19,21-25,28H2,1-2H3/t38-/m0/s1. The molecule has 2 saturated heterocycles. The van der Waals surface area contributed by atoms with Crippen molar-refractivity contribution in [2.45, 2.75) is 89.2 Å². The van der Waals surface area contributed by atoms with E-state index >= 15 is 0 Å². The van der Waals surface area contributed by atoms with Crippen LogP contribution in [0.1, 0.15) is 87.6 Å². The fourth-order valence-electron chi connectivity index (χ4n) is 7.30. The zero-order valence-corrected chi connectivity index (χ0v) is 26.7. The second kappa shape index (κ2) is 15.1. The van der Waals surface area contributed by atoms with Crippen molar-refractivity contribution in [1.82, 2.24) is 9.80 Å². The van der Waals surface area contributed by atoms with E-state index in [2.05, 4.69) is 52.3 Å². The Hall–Kier alpha value is -3.35. The highest BCUT2D eigenvalue weighted by Crippen LogP contribution is 2.39. The van der Waals surface area contributed by atoms with Crippen LogP contribution in [0, 0.1) is 10.8 Å². The number of Topliss-reactive ketones (excluding diaryl/α,β-unsaturated/α-hetero) is 1. The molecule has 0 bridgehead atoms. The molecule has 234 valence electrons. The van der Waals surface area contributed by atoms with Crippen molar-refractivity contribution in [1.29, 1.82) is 10.8 Å². The number of benzene rings is 3. The van der Waals surface area contributed by atoms with Gasteiger partial charge in [0.25, 0.3) is 0 Å². The number of nitrogens with one attached hydrogen (secondary N) is 2. The molecule has 6 nitrogen and oxygen atoms in total. The number of hydrogen-bond donors (Lipinski definition) is 2. The van der Waals surface area contributed by atoms with Gasteiger partial charge < -0.3 is 25.4 Å². The first-order valence-electron chi connectivity index (χ1n) is 16.7. The van der Waals surface area contributed by atoms with Crippen molar-refractivity contribution in [3.05, 3.63) is 77.9 Å². The molecule has 0 amide bonds. The molecule has 1 atom stereocenters. The highest BCUT2D eigenvalue weighted by atomic mass is 16.5. The Balaban J connectivity index is 1.39. The topological polar surface area (TPSA) is 80.5 Å². The molecule has 2 heterocycles. The average molecular weight is 595 g/mol. The second-order valence-electron chi connectivity index (χ2n) is 13.2. The van der Waals surface area contributed by atoms with E-state index in [0.717, 1.165) is 38.0 Å². The Morgan fingerprint density at radius 1 is 0.932 bits per heavy atom. The van der Waals surface area contributed by atoms with Crippen LogP contribution < -0.4 is 4.74 Å². The van der Waals surface area contributed by atoms with E-state index in [-0.39, 0.29) is 17.6 Å². The summed E-state index contributed by atoms with van der Waals surface area (Å²) in [5.41, 5.74) is 1.35. The predicted octanol–water partition coefficient (Wildman–Crippen LogP) is 7.93. The molecule has 0 saturated carbocycles. The van der Waals surface area contributed by atoms with Crippen LogP contribution in [0.5, 0.6) is 5.75 Å². The van der Waals surface area contributed by atoms with Gasteiger partial charge in [0.2, 0.25) is 5.78 Å². The van der Waals surface area contributed by atoms with Gasteiger partial charge in [0, 0.05) is 23.4 Å². The number of fused-ring (bicyclic) bond motifs is 1. The first-order valence-corrected chi connectivity index (χ1v) is 16.7. The van der Waals surface area contributed by atoms with Gasteiger partial charge >= 0.3 is 0 Å². The predicted molar refractivity (Wildman–Crippen MR) is 182 cm³/mol. The van der Waals surface area contributed by atoms with Crippen molar-refractivity contribution in [3.63, 3.8) is 0 Å². The van der Waals surface area contributed by atoms with Crippen molar-refractivity contribution in [2.75, 3.05) is 32.7 Å². The average Bonchev–Trinajstić information content (AvgIpc) is 3.06. The highest BCUT2D eigenvalue weighted by molar-refractivity contribution is 6.45. The molecule has 5 rings (SSSR count). The van der Waals surface area contributed by atoms with Gasteiger partial charge in [-0.2, -0.15) is 0 Å². The van der Waals surface area contributed by atoms with E-state index < -0.39 is 5.41 Å². The van der Waals surface area contributed by atoms with Crippen LogP contribution in [-0.2, 0) is 5.41 Å². The third kappa shape index (κ3) is 8.02. The summed E-state index contributed by atoms with van der Waals surface area (Å²) in [7, 11) is 0. The summed E-state index contributed by atoms with van der Waals surface area (Å²) in [6, 6.07) is 23.0. The lowest BCUT2D eigenvalue weighted by Gasteiger charge is -2.42. The smallest absolute Gasteiger partial charge is 0.206 e. The number of rotatable bonds is 14. The minimum absolute atomic E-state index is 0.00592. The third-order valence-electron chi connectivity index (χ3n) is 9.76. The first kappa shape index (κ1) is 32.1. The monoisotopic (exact) mass is 594 g/mol. The van der Waals surface area contributed by atoms with Crippen molar-refractivity contribution in [2.24, 2.45) is 0 Å². The summed E-state index contributed by atoms with van der Waals surface area (Å²) in [4.78, 5) is 19.0. The number of piperidine rings is 2. The minimum Gasteiger partial charge on any atom is -0.491 e. The van der Waals surface area contributed by atoms with Gasteiger partial charge in [0.15, 0.2) is 0 Å². The quantitative estimate of drug-likeness (QED) is 0.147.